The summed E-state index contributed by atoms with van der Waals surface area (Å²) in [4.78, 5) is 0. The number of hydrogen-bond donors (Lipinski definition) is 0. The zero-order chi connectivity index (χ0) is 78.6. The van der Waals surface area contributed by atoms with Gasteiger partial charge in [-0.25, -0.2) is 0 Å². The molecule has 3 aromatic heterocycles. The SMILES string of the molecule is Cc1ccc(-c2ccc(-c3ccc4c(c3)c3ccccc3n4-c3ccccc3)cc2)cc1.Cc1ccc(-c2ccc3c(c2)C(C)(C)c2cccc4c5ccccc5n-3c24)cc1.Cc1ccc(-c2ccc3c(c2)c2cccc4c2n3-c2ccccc2C4(C)C)cc1.Cc1ccc2c(c1)C(C)(C)c1cc3c(cc1-2)C(C)(C)c1ccccc1-3. The molecule has 2 aliphatic heterocycles. The fourth-order valence-corrected chi connectivity index (χ4v) is 19.8. The summed E-state index contributed by atoms with van der Waals surface area (Å²) in [6.07, 6.45) is 0. The number of nitrogens with zero attached hydrogens (tertiary/aromatic N) is 3. The highest BCUT2D eigenvalue weighted by Crippen LogP contribution is 2.57. The van der Waals surface area contributed by atoms with Crippen molar-refractivity contribution in [3.63, 3.8) is 0 Å². The number of benzene rings is 16. The van der Waals surface area contributed by atoms with E-state index in [-0.39, 0.29) is 21.7 Å². The smallest absolute Gasteiger partial charge is 0.0582 e. The van der Waals surface area contributed by atoms with Crippen LogP contribution in [0, 0.1) is 27.7 Å². The Morgan fingerprint density at radius 1 is 0.183 bits per heavy atom. The van der Waals surface area contributed by atoms with Gasteiger partial charge in [0.25, 0.3) is 0 Å². The minimum atomic E-state index is -0.0556. The predicted molar refractivity (Wildman–Crippen MR) is 489 cm³/mol. The van der Waals surface area contributed by atoms with Crippen LogP contribution in [0.15, 0.2) is 346 Å². The monoisotopic (exact) mass is 1480 g/mol. The lowest BCUT2D eigenvalue weighted by Crippen LogP contribution is -2.26. The van der Waals surface area contributed by atoms with E-state index < -0.39 is 0 Å². The van der Waals surface area contributed by atoms with E-state index in [1.807, 2.05) is 0 Å². The fourth-order valence-electron chi connectivity index (χ4n) is 19.8. The van der Waals surface area contributed by atoms with Gasteiger partial charge in [-0.05, 0) is 218 Å². The van der Waals surface area contributed by atoms with Crippen molar-refractivity contribution in [3.8, 4) is 83.8 Å². The van der Waals surface area contributed by atoms with Crippen molar-refractivity contribution in [2.75, 3.05) is 0 Å². The van der Waals surface area contributed by atoms with Gasteiger partial charge in [0, 0.05) is 59.7 Å². The minimum Gasteiger partial charge on any atom is -0.309 e. The Morgan fingerprint density at radius 2 is 0.522 bits per heavy atom. The van der Waals surface area contributed by atoms with E-state index in [0.29, 0.717) is 0 Å². The Kier molecular flexibility index (Phi) is 16.5. The summed E-state index contributed by atoms with van der Waals surface area (Å²) in [7, 11) is 0. The van der Waals surface area contributed by atoms with Crippen molar-refractivity contribution in [2.24, 2.45) is 0 Å². The highest BCUT2D eigenvalue weighted by Gasteiger charge is 2.42. The topological polar surface area (TPSA) is 14.8 Å². The van der Waals surface area contributed by atoms with E-state index in [9.17, 15) is 0 Å². The maximum atomic E-state index is 2.48. The molecule has 0 bridgehead atoms. The molecule has 4 aliphatic rings. The Morgan fingerprint density at radius 3 is 1.09 bits per heavy atom. The van der Waals surface area contributed by atoms with Crippen molar-refractivity contribution >= 4 is 65.4 Å². The first kappa shape index (κ1) is 71.0. The Labute approximate surface area is 675 Å². The van der Waals surface area contributed by atoms with Gasteiger partial charge in [-0.15, -0.1) is 0 Å². The van der Waals surface area contributed by atoms with Crippen LogP contribution in [0.4, 0.5) is 0 Å². The number of rotatable bonds is 5. The third-order valence-electron chi connectivity index (χ3n) is 26.2. The first-order chi connectivity index (χ1) is 55.7. The maximum Gasteiger partial charge on any atom is 0.0582 e. The first-order valence-electron chi connectivity index (χ1n) is 40.9. The molecule has 0 radical (unpaired) electrons. The van der Waals surface area contributed by atoms with Crippen LogP contribution in [0.5, 0.6) is 0 Å². The van der Waals surface area contributed by atoms with Gasteiger partial charge in [-0.1, -0.05) is 345 Å². The lowest BCUT2D eigenvalue weighted by atomic mass is 9.74. The molecule has 5 heterocycles. The van der Waals surface area contributed by atoms with E-state index >= 15 is 0 Å². The number of fused-ring (bicyclic) bond motifs is 19. The number of hydrogen-bond acceptors (Lipinski definition) is 0. The van der Waals surface area contributed by atoms with Crippen molar-refractivity contribution in [3.05, 3.63) is 413 Å². The van der Waals surface area contributed by atoms with E-state index in [2.05, 4.69) is 443 Å². The van der Waals surface area contributed by atoms with Crippen LogP contribution in [-0.4, -0.2) is 13.7 Å². The van der Waals surface area contributed by atoms with Crippen molar-refractivity contribution < 1.29 is 0 Å². The van der Waals surface area contributed by atoms with Gasteiger partial charge in [0.2, 0.25) is 0 Å². The van der Waals surface area contributed by atoms with Crippen LogP contribution in [0.2, 0.25) is 0 Å². The van der Waals surface area contributed by atoms with Gasteiger partial charge >= 0.3 is 0 Å². The van der Waals surface area contributed by atoms with Gasteiger partial charge in [0.05, 0.1) is 44.5 Å². The van der Waals surface area contributed by atoms with Gasteiger partial charge in [-0.2, -0.15) is 0 Å². The van der Waals surface area contributed by atoms with Crippen LogP contribution < -0.4 is 0 Å². The molecule has 0 amide bonds. The van der Waals surface area contributed by atoms with Crippen molar-refractivity contribution in [2.45, 2.75) is 105 Å². The molecular weight excluding hydrogens is 1390 g/mol. The first-order valence-corrected chi connectivity index (χ1v) is 40.9. The molecule has 2 aliphatic carbocycles. The van der Waals surface area contributed by atoms with Gasteiger partial charge in [0.15, 0.2) is 0 Å². The minimum absolute atomic E-state index is 0.0136. The van der Waals surface area contributed by atoms with E-state index in [1.165, 1.54) is 216 Å². The van der Waals surface area contributed by atoms with E-state index in [0.717, 1.165) is 0 Å². The van der Waals surface area contributed by atoms with Gasteiger partial charge in [-0.3, -0.25) is 0 Å². The molecule has 0 saturated carbocycles. The standard InChI is InChI=1S/C31H23N.2C28H23N.C25H24/c1-22-11-13-23(14-12-22)24-15-17-25(18-16-24)26-19-20-31-29(21-26)28-9-5-6-10-30(28)32(31)27-7-3-2-4-8-27;1-18-11-13-19(14-12-18)20-15-16-25-22(17-20)21-7-6-9-24-27(21)29(25)26-10-5-4-8-23(26)28(24,2)3;1-18-11-13-19(14-12-18)20-15-16-26-24(17-20)28(2,3)23-9-6-8-22-21-7-4-5-10-25(21)29(26)27(22)23;1-15-10-11-17-19-14-22-18(13-23(19)25(4,5)21(17)12-15)16-8-6-7-9-20(16)24(22,2)3/h2-21H,1H3;2*4-17H,1-3H3;6-14H,1-5H3. The molecule has 0 saturated heterocycles. The molecule has 0 N–H and O–H groups in total. The molecule has 0 atom stereocenters. The molecule has 16 aromatic carbocycles. The molecular formula is C112H93N3. The van der Waals surface area contributed by atoms with Crippen LogP contribution in [0.1, 0.15) is 122 Å². The Bertz CT molecular complexity index is 7130. The predicted octanol–water partition coefficient (Wildman–Crippen LogP) is 29.8. The molecule has 0 unspecified atom stereocenters. The largest absolute Gasteiger partial charge is 0.309 e. The third kappa shape index (κ3) is 11.4. The third-order valence-corrected chi connectivity index (χ3v) is 26.2. The Balaban J connectivity index is 0.0000000995. The fraction of sp³-hybridized carbons (Fsp3) is 0.143. The molecule has 0 spiro atoms. The summed E-state index contributed by atoms with van der Waals surface area (Å²) < 4.78 is 7.30. The van der Waals surface area contributed by atoms with E-state index in [4.69, 9.17) is 0 Å². The summed E-state index contributed by atoms with van der Waals surface area (Å²) in [6, 6.07) is 127. The molecule has 556 valence electrons. The molecule has 19 aromatic rings. The summed E-state index contributed by atoms with van der Waals surface area (Å²) in [5, 5.41) is 7.91. The number of aryl methyl sites for hydroxylation is 4. The van der Waals surface area contributed by atoms with Crippen molar-refractivity contribution in [1.29, 1.82) is 0 Å². The van der Waals surface area contributed by atoms with Crippen molar-refractivity contribution in [1.82, 2.24) is 13.7 Å². The molecule has 3 heteroatoms. The van der Waals surface area contributed by atoms with Crippen LogP contribution >= 0.6 is 0 Å². The summed E-state index contributed by atoms with van der Waals surface area (Å²) in [5.74, 6) is 0. The van der Waals surface area contributed by atoms with Gasteiger partial charge in [0.1, 0.15) is 0 Å². The summed E-state index contributed by atoms with van der Waals surface area (Å²) in [5.41, 5.74) is 44.0. The second-order valence-electron chi connectivity index (χ2n) is 34.7. The second-order valence-corrected chi connectivity index (χ2v) is 34.7. The zero-order valence-corrected chi connectivity index (χ0v) is 67.8. The maximum absolute atomic E-state index is 2.48. The highest BCUT2D eigenvalue weighted by molar-refractivity contribution is 6.14. The normalized spacial score (nSPS) is 14.2. The molecule has 0 fully saturated rings. The quantitative estimate of drug-likeness (QED) is 0.163. The second kappa shape index (κ2) is 26.8. The molecule has 115 heavy (non-hydrogen) atoms. The highest BCUT2D eigenvalue weighted by atomic mass is 15.0. The lowest BCUT2D eigenvalue weighted by Gasteiger charge is -2.35. The summed E-state index contributed by atoms with van der Waals surface area (Å²) in [6.45, 7) is 27.5. The van der Waals surface area contributed by atoms with Crippen LogP contribution in [-0.2, 0) is 21.7 Å². The summed E-state index contributed by atoms with van der Waals surface area (Å²) >= 11 is 0. The van der Waals surface area contributed by atoms with Crippen LogP contribution in [0.3, 0.4) is 0 Å². The molecule has 23 rings (SSSR count). The Hall–Kier alpha value is -13.1. The van der Waals surface area contributed by atoms with Crippen LogP contribution in [0.25, 0.3) is 149 Å². The average molecular weight is 1480 g/mol. The number of para-hydroxylation sites is 6. The average Bonchev–Trinajstić information content (AvgIpc) is 1.58. The van der Waals surface area contributed by atoms with E-state index in [1.54, 1.807) is 0 Å². The zero-order valence-electron chi connectivity index (χ0n) is 67.8. The molecule has 3 nitrogen and oxygen atoms in total. The lowest BCUT2D eigenvalue weighted by molar-refractivity contribution is 0.630. The van der Waals surface area contributed by atoms with Gasteiger partial charge < -0.3 is 13.7 Å². The number of aromatic nitrogens is 3.